The van der Waals surface area contributed by atoms with Gasteiger partial charge in [-0.2, -0.15) is 0 Å². The quantitative estimate of drug-likeness (QED) is 0.834. The highest BCUT2D eigenvalue weighted by Crippen LogP contribution is 2.23. The molecule has 1 saturated heterocycles. The minimum atomic E-state index is -0.368. The minimum Gasteiger partial charge on any atom is -0.345 e. The maximum atomic E-state index is 11.7. The van der Waals surface area contributed by atoms with Crippen LogP contribution in [-0.2, 0) is 9.59 Å². The van der Waals surface area contributed by atoms with Gasteiger partial charge >= 0.3 is 0 Å². The van der Waals surface area contributed by atoms with E-state index in [1.165, 1.54) is 11.8 Å². The molecule has 0 aromatic rings. The molecule has 1 rings (SSSR count). The summed E-state index contributed by atoms with van der Waals surface area (Å²) in [4.78, 5) is 23.0. The van der Waals surface area contributed by atoms with Gasteiger partial charge in [0.2, 0.25) is 11.0 Å². The van der Waals surface area contributed by atoms with Crippen LogP contribution in [0.3, 0.4) is 0 Å². The number of thioether (sulfide) groups is 1. The van der Waals surface area contributed by atoms with Gasteiger partial charge in [0.1, 0.15) is 0 Å². The van der Waals surface area contributed by atoms with Gasteiger partial charge in [0.05, 0.1) is 6.04 Å². The first-order valence-electron chi connectivity index (χ1n) is 4.95. The van der Waals surface area contributed by atoms with Gasteiger partial charge in [0.15, 0.2) is 0 Å². The van der Waals surface area contributed by atoms with Crippen LogP contribution in [0.5, 0.6) is 0 Å². The van der Waals surface area contributed by atoms with Crippen LogP contribution in [-0.4, -0.2) is 22.8 Å². The number of carbonyl (C=O) groups is 2. The van der Waals surface area contributed by atoms with Crippen molar-refractivity contribution in [1.82, 2.24) is 5.32 Å². The molecule has 0 spiro atoms. The first-order valence-corrected chi connectivity index (χ1v) is 5.93. The molecule has 1 amide bonds. The van der Waals surface area contributed by atoms with Crippen molar-refractivity contribution in [3.8, 4) is 0 Å². The molecule has 0 radical (unpaired) electrons. The van der Waals surface area contributed by atoms with Gasteiger partial charge in [-0.1, -0.05) is 47.4 Å². The van der Waals surface area contributed by atoms with Gasteiger partial charge in [-0.05, 0) is 12.8 Å². The Balaban J connectivity index is 0. The van der Waals surface area contributed by atoms with Crippen LogP contribution in [0.2, 0.25) is 0 Å². The predicted octanol–water partition coefficient (Wildman–Crippen LogP) is 2.84. The molecule has 0 saturated carbocycles. The van der Waals surface area contributed by atoms with E-state index in [0.717, 1.165) is 18.6 Å². The predicted molar refractivity (Wildman–Crippen MR) is 71.5 cm³/mol. The van der Waals surface area contributed by atoms with Crippen LogP contribution in [0.1, 0.15) is 48.5 Å². The Labute approximate surface area is 104 Å². The minimum absolute atomic E-state index is 0. The van der Waals surface area contributed by atoms with E-state index in [4.69, 9.17) is 0 Å². The van der Waals surface area contributed by atoms with Crippen LogP contribution < -0.4 is 5.32 Å². The van der Waals surface area contributed by atoms with E-state index in [1.54, 1.807) is 0 Å². The van der Waals surface area contributed by atoms with Gasteiger partial charge in [-0.15, -0.1) is 0 Å². The first-order chi connectivity index (χ1) is 6.47. The molecule has 0 aliphatic carbocycles. The smallest absolute Gasteiger partial charge is 0.226 e. The Hall–Kier alpha value is -0.510. The van der Waals surface area contributed by atoms with E-state index in [-0.39, 0.29) is 37.3 Å². The molecule has 1 aliphatic heterocycles. The van der Waals surface area contributed by atoms with E-state index in [2.05, 4.69) is 5.32 Å². The fraction of sp³-hybridized carbons (Fsp3) is 0.833. The van der Waals surface area contributed by atoms with E-state index in [0.29, 0.717) is 0 Å². The zero-order chi connectivity index (χ0) is 10.8. The Morgan fingerprint density at radius 2 is 2.06 bits per heavy atom. The number of amides is 1. The van der Waals surface area contributed by atoms with E-state index in [1.807, 2.05) is 20.8 Å². The van der Waals surface area contributed by atoms with Crippen LogP contribution in [0.25, 0.3) is 0 Å². The summed E-state index contributed by atoms with van der Waals surface area (Å²) in [5.41, 5.74) is -0.368. The average Bonchev–Trinajstić information content (AvgIpc) is 2.52. The standard InChI is InChI=1S/C10H17NO2S.2CH4/c1-4-10(2,3)9(13)11-7-5-6-14-8(7)12;;/h7H,4-6H2,1-3H3,(H,11,13);2*1H4. The van der Waals surface area contributed by atoms with Gasteiger partial charge in [-0.25, -0.2) is 0 Å². The molecule has 1 aliphatic rings. The second-order valence-corrected chi connectivity index (χ2v) is 5.32. The third kappa shape index (κ3) is 4.16. The van der Waals surface area contributed by atoms with Crippen molar-refractivity contribution in [1.29, 1.82) is 0 Å². The van der Waals surface area contributed by atoms with Crippen LogP contribution >= 0.6 is 11.8 Å². The molecule has 96 valence electrons. The van der Waals surface area contributed by atoms with Crippen molar-refractivity contribution in [3.05, 3.63) is 0 Å². The summed E-state index contributed by atoms with van der Waals surface area (Å²) in [7, 11) is 0. The van der Waals surface area contributed by atoms with Crippen LogP contribution in [0, 0.1) is 5.41 Å². The Kier molecular flexibility index (Phi) is 7.75. The molecule has 0 bridgehead atoms. The number of hydrogen-bond donors (Lipinski definition) is 1. The Bertz CT molecular complexity index is 251. The van der Waals surface area contributed by atoms with E-state index in [9.17, 15) is 9.59 Å². The third-order valence-corrected chi connectivity index (χ3v) is 3.75. The molecule has 4 heteroatoms. The monoisotopic (exact) mass is 247 g/mol. The number of hydrogen-bond acceptors (Lipinski definition) is 3. The second kappa shape index (κ2) is 6.94. The van der Waals surface area contributed by atoms with Crippen molar-refractivity contribution in [2.24, 2.45) is 5.41 Å². The lowest BCUT2D eigenvalue weighted by Crippen LogP contribution is -2.44. The normalized spacial score (nSPS) is 19.7. The molecular weight excluding hydrogens is 222 g/mol. The van der Waals surface area contributed by atoms with Gasteiger partial charge in [0, 0.05) is 11.2 Å². The molecule has 1 N–H and O–H groups in total. The summed E-state index contributed by atoms with van der Waals surface area (Å²) >= 11 is 1.31. The molecular formula is C12H25NO2S. The summed E-state index contributed by atoms with van der Waals surface area (Å²) in [6.45, 7) is 5.77. The molecule has 1 fully saturated rings. The summed E-state index contributed by atoms with van der Waals surface area (Å²) in [5, 5.41) is 2.91. The summed E-state index contributed by atoms with van der Waals surface area (Å²) in [5.74, 6) is 0.817. The van der Waals surface area contributed by atoms with Crippen molar-refractivity contribution >= 4 is 22.8 Å². The molecule has 0 aromatic heterocycles. The average molecular weight is 247 g/mol. The van der Waals surface area contributed by atoms with E-state index < -0.39 is 0 Å². The summed E-state index contributed by atoms with van der Waals surface area (Å²) in [6, 6.07) is -0.252. The van der Waals surface area contributed by atoms with Gasteiger partial charge < -0.3 is 5.32 Å². The Morgan fingerprint density at radius 3 is 2.44 bits per heavy atom. The van der Waals surface area contributed by atoms with E-state index >= 15 is 0 Å². The molecule has 0 aromatic carbocycles. The highest BCUT2D eigenvalue weighted by molar-refractivity contribution is 8.14. The number of nitrogens with one attached hydrogen (secondary N) is 1. The SMILES string of the molecule is C.C.CCC(C)(C)C(=O)NC1CCSC1=O. The van der Waals surface area contributed by atoms with Crippen molar-refractivity contribution < 1.29 is 9.59 Å². The topological polar surface area (TPSA) is 46.2 Å². The molecule has 1 heterocycles. The third-order valence-electron chi connectivity index (χ3n) is 2.74. The maximum absolute atomic E-state index is 11.7. The largest absolute Gasteiger partial charge is 0.345 e. The lowest BCUT2D eigenvalue weighted by molar-refractivity contribution is -0.131. The van der Waals surface area contributed by atoms with Gasteiger partial charge in [-0.3, -0.25) is 9.59 Å². The van der Waals surface area contributed by atoms with Crippen molar-refractivity contribution in [2.45, 2.75) is 54.5 Å². The van der Waals surface area contributed by atoms with Crippen LogP contribution in [0.15, 0.2) is 0 Å². The fourth-order valence-corrected chi connectivity index (χ4v) is 2.07. The zero-order valence-electron chi connectivity index (χ0n) is 8.92. The number of rotatable bonds is 3. The van der Waals surface area contributed by atoms with Crippen molar-refractivity contribution in [2.75, 3.05) is 5.75 Å². The lowest BCUT2D eigenvalue weighted by Gasteiger charge is -2.23. The molecule has 1 unspecified atom stereocenters. The van der Waals surface area contributed by atoms with Crippen molar-refractivity contribution in [3.63, 3.8) is 0 Å². The van der Waals surface area contributed by atoms with Crippen LogP contribution in [0.4, 0.5) is 0 Å². The highest BCUT2D eigenvalue weighted by atomic mass is 32.2. The summed E-state index contributed by atoms with van der Waals surface area (Å²) < 4.78 is 0. The van der Waals surface area contributed by atoms with Gasteiger partial charge in [0.25, 0.3) is 0 Å². The molecule has 3 nitrogen and oxygen atoms in total. The number of carbonyl (C=O) groups excluding carboxylic acids is 2. The highest BCUT2D eigenvalue weighted by Gasteiger charge is 2.32. The zero-order valence-corrected chi connectivity index (χ0v) is 9.74. The molecule has 16 heavy (non-hydrogen) atoms. The molecule has 1 atom stereocenters. The summed E-state index contributed by atoms with van der Waals surface area (Å²) in [6.07, 6.45) is 1.56. The maximum Gasteiger partial charge on any atom is 0.226 e. The fourth-order valence-electron chi connectivity index (χ4n) is 1.14. The lowest BCUT2D eigenvalue weighted by atomic mass is 9.89. The Morgan fingerprint density at radius 1 is 1.50 bits per heavy atom. The second-order valence-electron chi connectivity index (χ2n) is 4.22. The first kappa shape index (κ1) is 17.9.